The van der Waals surface area contributed by atoms with E-state index in [0.29, 0.717) is 0 Å². The van der Waals surface area contributed by atoms with Crippen molar-refractivity contribution in [3.63, 3.8) is 0 Å². The fourth-order valence-electron chi connectivity index (χ4n) is 4.72. The molecule has 2 unspecified atom stereocenters. The third kappa shape index (κ3) is 1.65. The molecule has 0 aliphatic heterocycles. The number of ether oxygens (including phenoxy) is 1. The van der Waals surface area contributed by atoms with Gasteiger partial charge in [-0.05, 0) is 17.8 Å². The molecule has 0 spiro atoms. The van der Waals surface area contributed by atoms with E-state index in [4.69, 9.17) is 0 Å². The first-order valence-electron chi connectivity index (χ1n) is 7.13. The summed E-state index contributed by atoms with van der Waals surface area (Å²) >= 11 is 0. The minimum absolute atomic E-state index is 0.118. The number of halogens is 7. The maximum atomic E-state index is 14.1. The van der Waals surface area contributed by atoms with Gasteiger partial charge in [-0.1, -0.05) is 6.92 Å². The molecule has 4 aliphatic rings. The highest BCUT2D eigenvalue weighted by atomic mass is 19.4. The Balaban J connectivity index is 1.81. The minimum atomic E-state index is -5.23. The number of hydrogen-bond donors (Lipinski definition) is 0. The van der Waals surface area contributed by atoms with E-state index in [0.717, 1.165) is 0 Å². The normalized spacial score (nSPS) is 35.7. The van der Waals surface area contributed by atoms with E-state index in [1.807, 2.05) is 0 Å². The van der Waals surface area contributed by atoms with Gasteiger partial charge in [0, 0.05) is 23.0 Å². The van der Waals surface area contributed by atoms with Crippen molar-refractivity contribution in [1.29, 1.82) is 0 Å². The van der Waals surface area contributed by atoms with Crippen molar-refractivity contribution < 1.29 is 40.3 Å². The minimum Gasteiger partial charge on any atom is -0.455 e. The highest BCUT2D eigenvalue weighted by Crippen LogP contribution is 2.81. The Kier molecular flexibility index (Phi) is 2.77. The van der Waals surface area contributed by atoms with Gasteiger partial charge in [-0.15, -0.1) is 0 Å². The highest BCUT2D eigenvalue weighted by molar-refractivity contribution is 5.76. The molecule has 0 saturated heterocycles. The van der Waals surface area contributed by atoms with Gasteiger partial charge in [0.15, 0.2) is 23.3 Å². The molecule has 2 nitrogen and oxygen atoms in total. The van der Waals surface area contributed by atoms with Crippen molar-refractivity contribution in [2.45, 2.75) is 37.5 Å². The van der Waals surface area contributed by atoms with Gasteiger partial charge in [-0.2, -0.15) is 13.2 Å². The zero-order valence-electron chi connectivity index (χ0n) is 12.0. The first-order valence-corrected chi connectivity index (χ1v) is 7.13. The summed E-state index contributed by atoms with van der Waals surface area (Å²) in [6, 6.07) is 0. The molecule has 2 fully saturated rings. The van der Waals surface area contributed by atoms with E-state index in [1.165, 1.54) is 0 Å². The highest BCUT2D eigenvalue weighted by Gasteiger charge is 2.77. The lowest BCUT2D eigenvalue weighted by atomic mass is 9.75. The SMILES string of the molecule is C[C@@]12C[C@H]3c4c(F)c(F)c(F)c(F)c4[C@@H]1C2C3OC(=O)C(F)(F)F. The van der Waals surface area contributed by atoms with Gasteiger partial charge in [0.1, 0.15) is 6.10 Å². The van der Waals surface area contributed by atoms with E-state index < -0.39 is 70.3 Å². The van der Waals surface area contributed by atoms with Crippen LogP contribution in [0.4, 0.5) is 30.7 Å². The summed E-state index contributed by atoms with van der Waals surface area (Å²) in [6.45, 7) is 1.62. The van der Waals surface area contributed by atoms with Crippen LogP contribution in [0, 0.1) is 34.6 Å². The van der Waals surface area contributed by atoms with E-state index >= 15 is 0 Å². The van der Waals surface area contributed by atoms with Gasteiger partial charge in [0.05, 0.1) is 0 Å². The summed E-state index contributed by atoms with van der Waals surface area (Å²) in [7, 11) is 0. The van der Waals surface area contributed by atoms with Gasteiger partial charge < -0.3 is 4.74 Å². The summed E-state index contributed by atoms with van der Waals surface area (Å²) < 4.78 is 96.9. The Morgan fingerprint density at radius 3 is 2.12 bits per heavy atom. The second-order valence-corrected chi connectivity index (χ2v) is 6.77. The Bertz CT molecular complexity index is 787. The van der Waals surface area contributed by atoms with E-state index in [-0.39, 0.29) is 12.0 Å². The van der Waals surface area contributed by atoms with Crippen LogP contribution in [-0.2, 0) is 9.53 Å². The van der Waals surface area contributed by atoms with Crippen LogP contribution >= 0.6 is 0 Å². The van der Waals surface area contributed by atoms with Crippen molar-refractivity contribution in [2.24, 2.45) is 11.3 Å². The molecular formula is C15H9F7O2. The van der Waals surface area contributed by atoms with Crippen LogP contribution in [0.5, 0.6) is 0 Å². The lowest BCUT2D eigenvalue weighted by molar-refractivity contribution is -0.206. The van der Waals surface area contributed by atoms with Crippen molar-refractivity contribution in [2.75, 3.05) is 0 Å². The van der Waals surface area contributed by atoms with Crippen LogP contribution < -0.4 is 0 Å². The Labute approximate surface area is 130 Å². The fraction of sp³-hybridized carbons (Fsp3) is 0.533. The first-order chi connectivity index (χ1) is 11.0. The number of alkyl halides is 3. The molecule has 4 aliphatic carbocycles. The van der Waals surface area contributed by atoms with Gasteiger partial charge in [-0.25, -0.2) is 22.4 Å². The molecule has 0 amide bonds. The van der Waals surface area contributed by atoms with Crippen molar-refractivity contribution >= 4 is 5.97 Å². The predicted molar refractivity (Wildman–Crippen MR) is 63.9 cm³/mol. The van der Waals surface area contributed by atoms with Crippen LogP contribution in [0.15, 0.2) is 0 Å². The average Bonchev–Trinajstić information content (AvgIpc) is 3.02. The summed E-state index contributed by atoms with van der Waals surface area (Å²) in [4.78, 5) is 11.1. The van der Waals surface area contributed by atoms with Gasteiger partial charge >= 0.3 is 12.1 Å². The smallest absolute Gasteiger partial charge is 0.455 e. The number of carbonyl (C=O) groups excluding carboxylic acids is 1. The van der Waals surface area contributed by atoms with Gasteiger partial charge in [0.25, 0.3) is 0 Å². The standard InChI is InChI=1S/C15H9F7O2/c1-14-2-3-4-5(9(17)11(19)10(18)8(4)16)6(14)7(14)12(3)24-13(23)15(20,21)22/h3,6-7,12H,2H2,1H3/t3-,6+,7?,12?,14+/m0/s1. The third-order valence-corrected chi connectivity index (χ3v) is 5.63. The number of esters is 1. The molecule has 4 bridgehead atoms. The molecule has 5 atom stereocenters. The maximum Gasteiger partial charge on any atom is 0.490 e. The van der Waals surface area contributed by atoms with Crippen LogP contribution in [0.1, 0.15) is 36.3 Å². The molecular weight excluding hydrogens is 345 g/mol. The summed E-state index contributed by atoms with van der Waals surface area (Å²) in [5.74, 6) is -12.1. The molecule has 0 aromatic heterocycles. The zero-order chi connectivity index (χ0) is 17.8. The van der Waals surface area contributed by atoms with Gasteiger partial charge in [0.2, 0.25) is 0 Å². The third-order valence-electron chi connectivity index (χ3n) is 5.63. The Hall–Kier alpha value is -1.80. The van der Waals surface area contributed by atoms with E-state index in [2.05, 4.69) is 4.74 Å². The summed E-state index contributed by atoms with van der Waals surface area (Å²) in [5, 5.41) is 0. The van der Waals surface area contributed by atoms with Crippen molar-refractivity contribution in [1.82, 2.24) is 0 Å². The average molecular weight is 354 g/mol. The molecule has 0 heterocycles. The molecule has 0 radical (unpaired) electrons. The quantitative estimate of drug-likeness (QED) is 0.331. The summed E-state index contributed by atoms with van der Waals surface area (Å²) in [6.07, 6.45) is -6.44. The molecule has 0 N–H and O–H groups in total. The van der Waals surface area contributed by atoms with E-state index in [1.54, 1.807) is 6.92 Å². The monoisotopic (exact) mass is 354 g/mol. The number of carbonyl (C=O) groups is 1. The number of benzene rings is 1. The predicted octanol–water partition coefficient (Wildman–Crippen LogP) is 3.94. The molecule has 24 heavy (non-hydrogen) atoms. The van der Waals surface area contributed by atoms with Crippen molar-refractivity contribution in [3.05, 3.63) is 34.4 Å². The zero-order valence-corrected chi connectivity index (χ0v) is 12.0. The van der Waals surface area contributed by atoms with E-state index in [9.17, 15) is 35.5 Å². The second kappa shape index (κ2) is 4.23. The maximum absolute atomic E-state index is 14.1. The Morgan fingerprint density at radius 1 is 1.04 bits per heavy atom. The number of rotatable bonds is 1. The van der Waals surface area contributed by atoms with Gasteiger partial charge in [-0.3, -0.25) is 0 Å². The molecule has 2 saturated carbocycles. The number of hydrogen-bond acceptors (Lipinski definition) is 2. The molecule has 1 aromatic rings. The largest absolute Gasteiger partial charge is 0.490 e. The topological polar surface area (TPSA) is 26.3 Å². The van der Waals surface area contributed by atoms with Crippen LogP contribution in [0.3, 0.4) is 0 Å². The van der Waals surface area contributed by atoms with Crippen molar-refractivity contribution in [3.8, 4) is 0 Å². The van der Waals surface area contributed by atoms with Crippen LogP contribution in [-0.4, -0.2) is 18.2 Å². The molecule has 130 valence electrons. The lowest BCUT2D eigenvalue weighted by Gasteiger charge is -2.34. The molecule has 9 heteroatoms. The van der Waals surface area contributed by atoms with Crippen LogP contribution in [0.25, 0.3) is 0 Å². The molecule has 5 rings (SSSR count). The lowest BCUT2D eigenvalue weighted by Crippen LogP contribution is -2.36. The molecule has 1 aromatic carbocycles. The van der Waals surface area contributed by atoms with Crippen LogP contribution in [0.2, 0.25) is 0 Å². The fourth-order valence-corrected chi connectivity index (χ4v) is 4.72. The summed E-state index contributed by atoms with van der Waals surface area (Å²) in [5.41, 5.74) is -1.57. The first kappa shape index (κ1) is 15.7. The Morgan fingerprint density at radius 2 is 1.58 bits per heavy atom. The second-order valence-electron chi connectivity index (χ2n) is 6.77.